The Morgan fingerprint density at radius 1 is 1.22 bits per heavy atom. The Kier molecular flexibility index (Phi) is 5.93. The number of amides is 1. The Morgan fingerprint density at radius 2 is 1.87 bits per heavy atom. The van der Waals surface area contributed by atoms with Gasteiger partial charge in [-0.15, -0.1) is 11.8 Å². The molecule has 1 amide bonds. The minimum atomic E-state index is -0.320. The highest BCUT2D eigenvalue weighted by molar-refractivity contribution is 8.00. The number of carbonyl (C=O) groups excluding carboxylic acids is 1. The molecule has 0 bridgehead atoms. The van der Waals surface area contributed by atoms with Crippen LogP contribution in [-0.4, -0.2) is 17.9 Å². The van der Waals surface area contributed by atoms with E-state index in [0.29, 0.717) is 4.90 Å². The Balaban J connectivity index is 1.91. The molecule has 3 nitrogen and oxygen atoms in total. The average Bonchev–Trinajstić information content (AvgIpc) is 2.49. The first-order valence-electron chi connectivity index (χ1n) is 7.24. The van der Waals surface area contributed by atoms with Gasteiger partial charge in [0, 0.05) is 10.5 Å². The molecule has 0 aliphatic rings. The zero-order valence-corrected chi connectivity index (χ0v) is 14.2. The molecular formula is C18H19FN2OS. The molecule has 0 aliphatic carbocycles. The molecule has 0 atom stereocenters. The molecule has 1 N–H and O–H groups in total. The van der Waals surface area contributed by atoms with E-state index in [0.717, 1.165) is 28.5 Å². The zero-order chi connectivity index (χ0) is 16.8. The number of hydrazone groups is 1. The fourth-order valence-electron chi connectivity index (χ4n) is 2.30. The predicted octanol–water partition coefficient (Wildman–Crippen LogP) is 3.99. The minimum Gasteiger partial charge on any atom is -0.272 e. The summed E-state index contributed by atoms with van der Waals surface area (Å²) in [5.41, 5.74) is 6.90. The maximum Gasteiger partial charge on any atom is 0.250 e. The molecule has 0 aromatic heterocycles. The Labute approximate surface area is 140 Å². The topological polar surface area (TPSA) is 41.5 Å². The van der Waals surface area contributed by atoms with E-state index in [9.17, 15) is 9.18 Å². The van der Waals surface area contributed by atoms with Gasteiger partial charge in [0.05, 0.1) is 12.0 Å². The lowest BCUT2D eigenvalue weighted by molar-refractivity contribution is -0.118. The van der Waals surface area contributed by atoms with Gasteiger partial charge < -0.3 is 0 Å². The number of hydrogen-bond donors (Lipinski definition) is 1. The highest BCUT2D eigenvalue weighted by Crippen LogP contribution is 2.20. The van der Waals surface area contributed by atoms with Gasteiger partial charge >= 0.3 is 0 Å². The van der Waals surface area contributed by atoms with Crippen LogP contribution in [0.2, 0.25) is 0 Å². The highest BCUT2D eigenvalue weighted by atomic mass is 32.2. The van der Waals surface area contributed by atoms with E-state index in [4.69, 9.17) is 0 Å². The molecule has 0 heterocycles. The lowest BCUT2D eigenvalue weighted by atomic mass is 10.0. The van der Waals surface area contributed by atoms with Crippen molar-refractivity contribution < 1.29 is 9.18 Å². The Bertz CT molecular complexity index is 721. The van der Waals surface area contributed by atoms with Crippen LogP contribution < -0.4 is 5.43 Å². The van der Waals surface area contributed by atoms with Crippen molar-refractivity contribution >= 4 is 23.9 Å². The summed E-state index contributed by atoms with van der Waals surface area (Å²) in [6, 6.07) is 10.5. The van der Waals surface area contributed by atoms with Crippen LogP contribution in [0, 0.1) is 26.6 Å². The second kappa shape index (κ2) is 7.92. The quantitative estimate of drug-likeness (QED) is 0.511. The maximum absolute atomic E-state index is 13.5. The summed E-state index contributed by atoms with van der Waals surface area (Å²) in [5, 5.41) is 4.00. The van der Waals surface area contributed by atoms with Crippen molar-refractivity contribution in [1.82, 2.24) is 5.43 Å². The third-order valence-electron chi connectivity index (χ3n) is 3.32. The third-order valence-corrected chi connectivity index (χ3v) is 4.36. The first-order chi connectivity index (χ1) is 11.0. The molecule has 0 unspecified atom stereocenters. The van der Waals surface area contributed by atoms with Gasteiger partial charge in [0.1, 0.15) is 5.82 Å². The minimum absolute atomic E-state index is 0.115. The number of thioether (sulfide) groups is 1. The summed E-state index contributed by atoms with van der Waals surface area (Å²) in [5.74, 6) is -0.471. The van der Waals surface area contributed by atoms with Crippen LogP contribution in [0.25, 0.3) is 0 Å². The van der Waals surface area contributed by atoms with Gasteiger partial charge in [-0.1, -0.05) is 29.8 Å². The molecule has 2 aromatic carbocycles. The number of hydrogen-bond acceptors (Lipinski definition) is 3. The third kappa shape index (κ3) is 4.93. The first-order valence-corrected chi connectivity index (χ1v) is 8.23. The number of aryl methyl sites for hydroxylation is 3. The SMILES string of the molecule is Cc1cc(C)c(/C=N\NC(=O)CSc2ccccc2F)c(C)c1. The van der Waals surface area contributed by atoms with Crippen molar-refractivity contribution in [2.45, 2.75) is 25.7 Å². The number of nitrogens with one attached hydrogen (secondary N) is 1. The van der Waals surface area contributed by atoms with E-state index in [-0.39, 0.29) is 17.5 Å². The molecule has 0 radical (unpaired) electrons. The second-order valence-electron chi connectivity index (χ2n) is 5.32. The second-order valence-corrected chi connectivity index (χ2v) is 6.34. The maximum atomic E-state index is 13.5. The fraction of sp³-hybridized carbons (Fsp3) is 0.222. The van der Waals surface area contributed by atoms with Gasteiger partial charge in [-0.05, 0) is 44.0 Å². The molecule has 0 saturated heterocycles. The summed E-state index contributed by atoms with van der Waals surface area (Å²) in [4.78, 5) is 12.2. The molecule has 5 heteroatoms. The van der Waals surface area contributed by atoms with Gasteiger partial charge in [-0.3, -0.25) is 4.79 Å². The predicted molar refractivity (Wildman–Crippen MR) is 93.5 cm³/mol. The van der Waals surface area contributed by atoms with Gasteiger partial charge in [0.2, 0.25) is 5.91 Å². The van der Waals surface area contributed by atoms with Crippen molar-refractivity contribution in [3.8, 4) is 0 Å². The van der Waals surface area contributed by atoms with Crippen molar-refractivity contribution in [3.05, 3.63) is 64.5 Å². The molecule has 2 aromatic rings. The molecule has 23 heavy (non-hydrogen) atoms. The van der Waals surface area contributed by atoms with Crippen LogP contribution in [0.5, 0.6) is 0 Å². The molecule has 0 fully saturated rings. The van der Waals surface area contributed by atoms with E-state index in [1.165, 1.54) is 11.6 Å². The summed E-state index contributed by atoms with van der Waals surface area (Å²) in [7, 11) is 0. The van der Waals surface area contributed by atoms with Gasteiger partial charge in [0.15, 0.2) is 0 Å². The monoisotopic (exact) mass is 330 g/mol. The fourth-order valence-corrected chi connectivity index (χ4v) is 3.03. The summed E-state index contributed by atoms with van der Waals surface area (Å²) < 4.78 is 13.5. The molecule has 0 spiro atoms. The lowest BCUT2D eigenvalue weighted by Gasteiger charge is -2.06. The van der Waals surface area contributed by atoms with Gasteiger partial charge in [-0.25, -0.2) is 9.82 Å². The van der Waals surface area contributed by atoms with Crippen LogP contribution in [-0.2, 0) is 4.79 Å². The molecule has 0 aliphatic heterocycles. The van der Waals surface area contributed by atoms with E-state index in [2.05, 4.69) is 22.7 Å². The Hall–Kier alpha value is -2.14. The van der Waals surface area contributed by atoms with Gasteiger partial charge in [0.25, 0.3) is 0 Å². The number of rotatable bonds is 5. The van der Waals surface area contributed by atoms with Crippen LogP contribution in [0.1, 0.15) is 22.3 Å². The van der Waals surface area contributed by atoms with Crippen molar-refractivity contribution in [3.63, 3.8) is 0 Å². The smallest absolute Gasteiger partial charge is 0.250 e. The molecular weight excluding hydrogens is 311 g/mol. The zero-order valence-electron chi connectivity index (χ0n) is 13.4. The number of carbonyl (C=O) groups is 1. The van der Waals surface area contributed by atoms with E-state index in [1.807, 2.05) is 20.8 Å². The number of nitrogens with zero attached hydrogens (tertiary/aromatic N) is 1. The standard InChI is InChI=1S/C18H19FN2OS/c1-12-8-13(2)15(14(3)9-12)10-20-21-18(22)11-23-17-7-5-4-6-16(17)19/h4-10H,11H2,1-3H3,(H,21,22)/b20-10-. The number of halogens is 1. The van der Waals surface area contributed by atoms with Crippen molar-refractivity contribution in [1.29, 1.82) is 0 Å². The van der Waals surface area contributed by atoms with E-state index < -0.39 is 0 Å². The van der Waals surface area contributed by atoms with Crippen LogP contribution in [0.4, 0.5) is 4.39 Å². The summed E-state index contributed by atoms with van der Waals surface area (Å²) >= 11 is 1.15. The van der Waals surface area contributed by atoms with Crippen LogP contribution >= 0.6 is 11.8 Å². The molecule has 0 saturated carbocycles. The first kappa shape index (κ1) is 17.2. The summed E-state index contributed by atoms with van der Waals surface area (Å²) in [6.45, 7) is 6.07. The van der Waals surface area contributed by atoms with Crippen LogP contribution in [0.3, 0.4) is 0 Å². The van der Waals surface area contributed by atoms with Crippen LogP contribution in [0.15, 0.2) is 46.4 Å². The van der Waals surface area contributed by atoms with Crippen molar-refractivity contribution in [2.24, 2.45) is 5.10 Å². The molecule has 120 valence electrons. The number of benzene rings is 2. The largest absolute Gasteiger partial charge is 0.272 e. The van der Waals surface area contributed by atoms with E-state index in [1.54, 1.807) is 24.4 Å². The average molecular weight is 330 g/mol. The normalized spacial score (nSPS) is 11.0. The molecule has 2 rings (SSSR count). The van der Waals surface area contributed by atoms with Gasteiger partial charge in [-0.2, -0.15) is 5.10 Å². The van der Waals surface area contributed by atoms with E-state index >= 15 is 0 Å². The lowest BCUT2D eigenvalue weighted by Crippen LogP contribution is -2.19. The van der Waals surface area contributed by atoms with Crippen molar-refractivity contribution in [2.75, 3.05) is 5.75 Å². The summed E-state index contributed by atoms with van der Waals surface area (Å²) in [6.07, 6.45) is 1.65. The highest BCUT2D eigenvalue weighted by Gasteiger charge is 2.06. The Morgan fingerprint density at radius 3 is 2.52 bits per heavy atom.